The Labute approximate surface area is 388 Å². The highest BCUT2D eigenvalue weighted by molar-refractivity contribution is 6.11. The lowest BCUT2D eigenvalue weighted by molar-refractivity contribution is 0.670. The smallest absolute Gasteiger partial charge is 0.143 e. The van der Waals surface area contributed by atoms with Crippen molar-refractivity contribution in [1.29, 1.82) is 0 Å². The summed E-state index contributed by atoms with van der Waals surface area (Å²) in [6.07, 6.45) is 0. The third-order valence-corrected chi connectivity index (χ3v) is 13.4. The molecule has 0 amide bonds. The number of hydrogen-bond acceptors (Lipinski definition) is 2. The van der Waals surface area contributed by atoms with E-state index in [1.807, 2.05) is 12.1 Å². The first-order valence-electron chi connectivity index (χ1n) is 22.9. The van der Waals surface area contributed by atoms with E-state index in [9.17, 15) is 0 Å². The number of aromatic nitrogens is 1. The predicted octanol–water partition coefficient (Wildman–Crippen LogP) is 18.0. The van der Waals surface area contributed by atoms with E-state index in [2.05, 4.69) is 252 Å². The fourth-order valence-electron chi connectivity index (χ4n) is 10.3. The van der Waals surface area contributed by atoms with Gasteiger partial charge in [0.2, 0.25) is 0 Å². The molecule has 13 aromatic rings. The second-order valence-corrected chi connectivity index (χ2v) is 17.2. The minimum atomic E-state index is 0.899. The molecule has 0 saturated heterocycles. The maximum Gasteiger partial charge on any atom is 0.143 e. The van der Waals surface area contributed by atoms with Gasteiger partial charge in [-0.3, -0.25) is 0 Å². The molecule has 0 atom stereocenters. The van der Waals surface area contributed by atoms with E-state index in [4.69, 9.17) is 4.42 Å². The van der Waals surface area contributed by atoms with Crippen molar-refractivity contribution in [3.63, 3.8) is 0 Å². The van der Waals surface area contributed by atoms with Crippen LogP contribution in [0.5, 0.6) is 0 Å². The van der Waals surface area contributed by atoms with Crippen LogP contribution in [0, 0.1) is 0 Å². The van der Waals surface area contributed by atoms with E-state index >= 15 is 0 Å². The highest BCUT2D eigenvalue weighted by atomic mass is 16.3. The lowest BCUT2D eigenvalue weighted by Gasteiger charge is -2.28. The van der Waals surface area contributed by atoms with E-state index in [-0.39, 0.29) is 0 Å². The zero-order valence-electron chi connectivity index (χ0n) is 36.6. The van der Waals surface area contributed by atoms with Crippen molar-refractivity contribution in [3.05, 3.63) is 255 Å². The van der Waals surface area contributed by atoms with Crippen molar-refractivity contribution in [1.82, 2.24) is 4.57 Å². The number of para-hydroxylation sites is 6. The van der Waals surface area contributed by atoms with Crippen LogP contribution in [0.1, 0.15) is 0 Å². The minimum absolute atomic E-state index is 0.899. The molecule has 2 heterocycles. The normalized spacial score (nSPS) is 11.6. The van der Waals surface area contributed by atoms with Gasteiger partial charge >= 0.3 is 0 Å². The van der Waals surface area contributed by atoms with Gasteiger partial charge < -0.3 is 13.9 Å². The molecule has 13 rings (SSSR count). The molecule has 0 aliphatic heterocycles. The van der Waals surface area contributed by atoms with E-state index in [1.165, 1.54) is 43.7 Å². The zero-order valence-corrected chi connectivity index (χ0v) is 36.6. The standard InChI is InChI=1S/C64H42N2O/c1-2-20-50-43(16-1)17-14-26-51(50)47-18-13-19-49(42-47)65(48-40-38-46(39-41-48)54-27-15-28-58-57-25-7-12-33-63(57)67-64(54)58)59-29-8-3-21-52(59)44-34-36-45(37-35-44)53-22-4-9-30-60(53)66-61-31-10-5-23-55(61)56-24-6-11-32-62(56)66/h1-42H. The lowest BCUT2D eigenvalue weighted by atomic mass is 9.96. The summed E-state index contributed by atoms with van der Waals surface area (Å²) in [4.78, 5) is 2.40. The lowest BCUT2D eigenvalue weighted by Crippen LogP contribution is -2.11. The van der Waals surface area contributed by atoms with Gasteiger partial charge in [-0.25, -0.2) is 0 Å². The van der Waals surface area contributed by atoms with Crippen molar-refractivity contribution < 1.29 is 4.42 Å². The number of nitrogens with zero attached hydrogens (tertiary/aromatic N) is 2. The Morgan fingerprint density at radius 1 is 0.313 bits per heavy atom. The number of furan rings is 1. The van der Waals surface area contributed by atoms with Crippen molar-refractivity contribution >= 4 is 71.6 Å². The molecule has 0 N–H and O–H groups in total. The highest BCUT2D eigenvalue weighted by Gasteiger charge is 2.21. The van der Waals surface area contributed by atoms with Crippen LogP contribution in [0.15, 0.2) is 259 Å². The summed E-state index contributed by atoms with van der Waals surface area (Å²) in [5.74, 6) is 0. The molecule has 2 aromatic heterocycles. The summed E-state index contributed by atoms with van der Waals surface area (Å²) in [6.45, 7) is 0. The first kappa shape index (κ1) is 38.5. The average Bonchev–Trinajstić information content (AvgIpc) is 3.95. The predicted molar refractivity (Wildman–Crippen MR) is 282 cm³/mol. The zero-order chi connectivity index (χ0) is 44.3. The van der Waals surface area contributed by atoms with Crippen LogP contribution in [0.2, 0.25) is 0 Å². The van der Waals surface area contributed by atoms with Crippen molar-refractivity contribution in [2.24, 2.45) is 0 Å². The third kappa shape index (κ3) is 6.51. The number of anilines is 3. The molecule has 0 saturated carbocycles. The van der Waals surface area contributed by atoms with Gasteiger partial charge in [-0.15, -0.1) is 0 Å². The van der Waals surface area contributed by atoms with Crippen LogP contribution in [-0.2, 0) is 0 Å². The maximum atomic E-state index is 6.49. The molecule has 0 aliphatic carbocycles. The maximum absolute atomic E-state index is 6.49. The Hall–Kier alpha value is -8.92. The van der Waals surface area contributed by atoms with Gasteiger partial charge in [-0.05, 0) is 93.2 Å². The Kier molecular flexibility index (Phi) is 9.17. The van der Waals surface area contributed by atoms with Gasteiger partial charge in [0, 0.05) is 49.6 Å². The van der Waals surface area contributed by atoms with E-state index in [1.54, 1.807) is 0 Å². The Bertz CT molecular complexity index is 3930. The van der Waals surface area contributed by atoms with Gasteiger partial charge in [0.25, 0.3) is 0 Å². The van der Waals surface area contributed by atoms with E-state index in [0.717, 1.165) is 78.1 Å². The Morgan fingerprint density at radius 3 is 1.63 bits per heavy atom. The summed E-state index contributed by atoms with van der Waals surface area (Å²) in [5, 5.41) is 7.22. The Morgan fingerprint density at radius 2 is 0.836 bits per heavy atom. The van der Waals surface area contributed by atoms with Crippen molar-refractivity contribution in [2.45, 2.75) is 0 Å². The van der Waals surface area contributed by atoms with Gasteiger partial charge in [0.1, 0.15) is 11.2 Å². The molecular formula is C64H42N2O. The molecule has 0 bridgehead atoms. The fourth-order valence-corrected chi connectivity index (χ4v) is 10.3. The van der Waals surface area contributed by atoms with Gasteiger partial charge in [-0.1, -0.05) is 200 Å². The van der Waals surface area contributed by atoms with Gasteiger partial charge in [0.15, 0.2) is 0 Å². The monoisotopic (exact) mass is 854 g/mol. The van der Waals surface area contributed by atoms with Crippen LogP contribution < -0.4 is 4.90 Å². The highest BCUT2D eigenvalue weighted by Crippen LogP contribution is 2.45. The molecule has 0 spiro atoms. The van der Waals surface area contributed by atoms with Crippen LogP contribution in [-0.4, -0.2) is 4.57 Å². The third-order valence-electron chi connectivity index (χ3n) is 13.4. The number of benzene rings is 11. The first-order chi connectivity index (χ1) is 33.2. The number of rotatable bonds is 8. The van der Waals surface area contributed by atoms with Crippen molar-refractivity contribution in [3.8, 4) is 50.2 Å². The summed E-state index contributed by atoms with van der Waals surface area (Å²) >= 11 is 0. The molecule has 3 nitrogen and oxygen atoms in total. The molecule has 67 heavy (non-hydrogen) atoms. The summed E-state index contributed by atoms with van der Waals surface area (Å²) in [7, 11) is 0. The van der Waals surface area contributed by atoms with Crippen LogP contribution in [0.25, 0.3) is 105 Å². The summed E-state index contributed by atoms with van der Waals surface area (Å²) in [5.41, 5.74) is 17.7. The van der Waals surface area contributed by atoms with Crippen LogP contribution in [0.4, 0.5) is 17.1 Å². The topological polar surface area (TPSA) is 21.3 Å². The van der Waals surface area contributed by atoms with Gasteiger partial charge in [0.05, 0.1) is 22.4 Å². The minimum Gasteiger partial charge on any atom is -0.455 e. The molecule has 0 unspecified atom stereocenters. The quantitative estimate of drug-likeness (QED) is 0.152. The molecule has 314 valence electrons. The van der Waals surface area contributed by atoms with Crippen LogP contribution in [0.3, 0.4) is 0 Å². The van der Waals surface area contributed by atoms with Crippen molar-refractivity contribution in [2.75, 3.05) is 4.90 Å². The summed E-state index contributed by atoms with van der Waals surface area (Å²) in [6, 6.07) is 91.9. The molecular weight excluding hydrogens is 813 g/mol. The molecule has 0 radical (unpaired) electrons. The Balaban J connectivity index is 0.934. The first-order valence-corrected chi connectivity index (χ1v) is 22.9. The van der Waals surface area contributed by atoms with E-state index < -0.39 is 0 Å². The van der Waals surface area contributed by atoms with Gasteiger partial charge in [-0.2, -0.15) is 0 Å². The van der Waals surface area contributed by atoms with E-state index in [0.29, 0.717) is 0 Å². The second-order valence-electron chi connectivity index (χ2n) is 17.2. The number of hydrogen-bond donors (Lipinski definition) is 0. The molecule has 11 aromatic carbocycles. The molecule has 0 aliphatic rings. The summed E-state index contributed by atoms with van der Waals surface area (Å²) < 4.78 is 8.90. The molecule has 0 fully saturated rings. The largest absolute Gasteiger partial charge is 0.455 e. The number of fused-ring (bicyclic) bond motifs is 7. The fraction of sp³-hybridized carbons (Fsp3) is 0. The second kappa shape index (κ2) is 16.0. The average molecular weight is 855 g/mol. The SMILES string of the molecule is c1cc(-c2cccc3ccccc23)cc(N(c2ccc(-c3cccc4c3oc3ccccc34)cc2)c2ccccc2-c2ccc(-c3ccccc3-n3c4ccccc4c4ccccc43)cc2)c1. The molecule has 3 heteroatoms. The van der Waals surface area contributed by atoms with Crippen LogP contribution >= 0.6 is 0 Å².